The SMILES string of the molecule is Cc1ccc(N(C)C(=O)C(Cc2cc(F)cc(F)c2)NC(=O)NS(=O)(=O)N2CCc3cccnc32)cn1. The summed E-state index contributed by atoms with van der Waals surface area (Å²) in [5, 5.41) is 2.34. The fourth-order valence-electron chi connectivity index (χ4n) is 3.96. The van der Waals surface area contributed by atoms with Crippen LogP contribution in [0.15, 0.2) is 54.9 Å². The molecule has 1 atom stereocenters. The number of nitrogens with one attached hydrogen (secondary N) is 2. The molecule has 1 aromatic carbocycles. The summed E-state index contributed by atoms with van der Waals surface area (Å²) < 4.78 is 56.2. The van der Waals surface area contributed by atoms with Crippen LogP contribution in [0, 0.1) is 18.6 Å². The van der Waals surface area contributed by atoms with Gasteiger partial charge in [-0.05, 0) is 54.8 Å². The van der Waals surface area contributed by atoms with Crippen molar-refractivity contribution in [1.82, 2.24) is 20.0 Å². The first-order chi connectivity index (χ1) is 17.5. The Kier molecular flexibility index (Phi) is 7.34. The smallest absolute Gasteiger partial charge is 0.325 e. The number of aromatic nitrogens is 2. The molecule has 194 valence electrons. The maximum absolute atomic E-state index is 13.8. The lowest BCUT2D eigenvalue weighted by Crippen LogP contribution is -2.54. The predicted molar refractivity (Wildman–Crippen MR) is 132 cm³/mol. The van der Waals surface area contributed by atoms with E-state index in [1.165, 1.54) is 24.3 Å². The topological polar surface area (TPSA) is 125 Å². The fourth-order valence-corrected chi connectivity index (χ4v) is 5.08. The van der Waals surface area contributed by atoms with Gasteiger partial charge in [-0.25, -0.2) is 27.6 Å². The highest BCUT2D eigenvalue weighted by Gasteiger charge is 2.33. The van der Waals surface area contributed by atoms with Gasteiger partial charge >= 0.3 is 16.2 Å². The molecule has 4 rings (SSSR count). The molecule has 37 heavy (non-hydrogen) atoms. The number of amides is 3. The summed E-state index contributed by atoms with van der Waals surface area (Å²) in [7, 11) is -2.91. The van der Waals surface area contributed by atoms with Gasteiger partial charge in [-0.15, -0.1) is 0 Å². The van der Waals surface area contributed by atoms with Crippen molar-refractivity contribution in [3.8, 4) is 0 Å². The Balaban J connectivity index is 1.55. The Labute approximate surface area is 212 Å². The number of benzene rings is 1. The van der Waals surface area contributed by atoms with Crippen molar-refractivity contribution < 1.29 is 26.8 Å². The molecular formula is C24H24F2N6O4S. The number of likely N-dealkylation sites (N-methyl/N-ethyl adjacent to an activating group) is 1. The van der Waals surface area contributed by atoms with Gasteiger partial charge in [-0.2, -0.15) is 8.42 Å². The van der Waals surface area contributed by atoms with Crippen molar-refractivity contribution in [2.45, 2.75) is 25.8 Å². The van der Waals surface area contributed by atoms with Crippen LogP contribution in [-0.2, 0) is 27.8 Å². The molecule has 1 aliphatic rings. The zero-order valence-electron chi connectivity index (χ0n) is 20.0. The van der Waals surface area contributed by atoms with Crippen LogP contribution in [0.4, 0.5) is 25.1 Å². The number of carbonyl (C=O) groups is 2. The van der Waals surface area contributed by atoms with Crippen LogP contribution < -0.4 is 19.2 Å². The average molecular weight is 531 g/mol. The number of rotatable bonds is 7. The van der Waals surface area contributed by atoms with Crippen LogP contribution in [0.3, 0.4) is 0 Å². The zero-order valence-corrected chi connectivity index (χ0v) is 20.8. The quantitative estimate of drug-likeness (QED) is 0.483. The van der Waals surface area contributed by atoms with Crippen molar-refractivity contribution in [2.75, 3.05) is 22.8 Å². The highest BCUT2D eigenvalue weighted by Crippen LogP contribution is 2.26. The molecule has 0 spiro atoms. The Morgan fingerprint density at radius 1 is 1.14 bits per heavy atom. The first-order valence-corrected chi connectivity index (χ1v) is 12.7. The van der Waals surface area contributed by atoms with Gasteiger partial charge in [0.15, 0.2) is 0 Å². The lowest BCUT2D eigenvalue weighted by Gasteiger charge is -2.25. The number of carbonyl (C=O) groups excluding carboxylic acids is 2. The molecule has 10 nitrogen and oxygen atoms in total. The van der Waals surface area contributed by atoms with E-state index >= 15 is 0 Å². The van der Waals surface area contributed by atoms with E-state index in [4.69, 9.17) is 0 Å². The van der Waals surface area contributed by atoms with Crippen molar-refractivity contribution in [3.63, 3.8) is 0 Å². The molecule has 0 aliphatic carbocycles. The summed E-state index contributed by atoms with van der Waals surface area (Å²) >= 11 is 0. The lowest BCUT2D eigenvalue weighted by atomic mass is 10.0. The van der Waals surface area contributed by atoms with Gasteiger partial charge in [-0.3, -0.25) is 9.78 Å². The molecule has 2 N–H and O–H groups in total. The van der Waals surface area contributed by atoms with Gasteiger partial charge in [0.05, 0.1) is 11.9 Å². The average Bonchev–Trinajstić information content (AvgIpc) is 3.27. The van der Waals surface area contributed by atoms with Gasteiger partial charge in [0.2, 0.25) is 5.91 Å². The van der Waals surface area contributed by atoms with Crippen LogP contribution in [0.5, 0.6) is 0 Å². The van der Waals surface area contributed by atoms with Crippen molar-refractivity contribution in [1.29, 1.82) is 0 Å². The van der Waals surface area contributed by atoms with E-state index in [0.717, 1.165) is 22.1 Å². The van der Waals surface area contributed by atoms with Crippen molar-refractivity contribution in [2.24, 2.45) is 0 Å². The Hall–Kier alpha value is -4.13. The van der Waals surface area contributed by atoms with E-state index < -0.39 is 39.8 Å². The zero-order chi connectivity index (χ0) is 26.7. The molecule has 0 saturated heterocycles. The summed E-state index contributed by atoms with van der Waals surface area (Å²) in [4.78, 5) is 35.5. The third-order valence-corrected chi connectivity index (χ3v) is 7.16. The molecule has 0 radical (unpaired) electrons. The summed E-state index contributed by atoms with van der Waals surface area (Å²) in [5.74, 6) is -2.16. The molecule has 0 fully saturated rings. The number of anilines is 2. The van der Waals surface area contributed by atoms with Gasteiger partial charge in [0.25, 0.3) is 0 Å². The molecule has 1 unspecified atom stereocenters. The summed E-state index contributed by atoms with van der Waals surface area (Å²) in [6.07, 6.45) is 3.01. The van der Waals surface area contributed by atoms with Gasteiger partial charge < -0.3 is 10.2 Å². The second kappa shape index (κ2) is 10.5. The Bertz CT molecular complexity index is 1420. The van der Waals surface area contributed by atoms with E-state index in [2.05, 4.69) is 15.3 Å². The van der Waals surface area contributed by atoms with E-state index in [0.29, 0.717) is 23.7 Å². The van der Waals surface area contributed by atoms with Gasteiger partial charge in [0.1, 0.15) is 23.5 Å². The maximum atomic E-state index is 13.8. The predicted octanol–water partition coefficient (Wildman–Crippen LogP) is 2.24. The van der Waals surface area contributed by atoms with E-state index in [-0.39, 0.29) is 24.3 Å². The number of pyridine rings is 2. The minimum Gasteiger partial charge on any atom is -0.325 e. The highest BCUT2D eigenvalue weighted by molar-refractivity contribution is 7.91. The minimum absolute atomic E-state index is 0.0864. The first kappa shape index (κ1) is 25.9. The normalized spacial score (nSPS) is 13.6. The first-order valence-electron chi connectivity index (χ1n) is 11.2. The molecule has 3 amide bonds. The fraction of sp³-hybridized carbons (Fsp3) is 0.250. The van der Waals surface area contributed by atoms with Crippen molar-refractivity contribution in [3.05, 3.63) is 83.3 Å². The maximum Gasteiger partial charge on any atom is 0.330 e. The molecular weight excluding hydrogens is 506 g/mol. The van der Waals surface area contributed by atoms with E-state index in [1.54, 1.807) is 31.2 Å². The Morgan fingerprint density at radius 2 is 1.86 bits per heavy atom. The molecule has 3 heterocycles. The molecule has 3 aromatic rings. The van der Waals surface area contributed by atoms with Crippen LogP contribution in [0.25, 0.3) is 0 Å². The number of hydrogen-bond donors (Lipinski definition) is 2. The number of fused-ring (bicyclic) bond motifs is 1. The Morgan fingerprint density at radius 3 is 2.54 bits per heavy atom. The summed E-state index contributed by atoms with van der Waals surface area (Å²) in [6, 6.07) is 6.92. The molecule has 0 saturated carbocycles. The number of halogens is 2. The lowest BCUT2D eigenvalue weighted by molar-refractivity contribution is -0.120. The minimum atomic E-state index is -4.35. The molecule has 1 aliphatic heterocycles. The number of urea groups is 1. The molecule has 13 heteroatoms. The number of aryl methyl sites for hydroxylation is 1. The monoisotopic (exact) mass is 530 g/mol. The van der Waals surface area contributed by atoms with E-state index in [1.807, 2.05) is 4.72 Å². The van der Waals surface area contributed by atoms with E-state index in [9.17, 15) is 26.8 Å². The second-order valence-electron chi connectivity index (χ2n) is 8.48. The highest BCUT2D eigenvalue weighted by atomic mass is 32.2. The van der Waals surface area contributed by atoms with Crippen LogP contribution in [0.2, 0.25) is 0 Å². The summed E-state index contributed by atoms with van der Waals surface area (Å²) in [5.41, 5.74) is 1.92. The van der Waals surface area contributed by atoms with Crippen LogP contribution in [0.1, 0.15) is 16.8 Å². The van der Waals surface area contributed by atoms with Gasteiger partial charge in [-0.1, -0.05) is 6.07 Å². The number of nitrogens with zero attached hydrogens (tertiary/aromatic N) is 4. The molecule has 2 aromatic heterocycles. The third kappa shape index (κ3) is 6.00. The second-order valence-corrected chi connectivity index (χ2v) is 10.1. The van der Waals surface area contributed by atoms with Gasteiger partial charge in [0, 0.05) is 38.0 Å². The van der Waals surface area contributed by atoms with Crippen LogP contribution >= 0.6 is 0 Å². The van der Waals surface area contributed by atoms with Crippen molar-refractivity contribution >= 4 is 33.7 Å². The number of hydrogen-bond acceptors (Lipinski definition) is 6. The standard InChI is InChI=1S/C24H24F2N6O4S/c1-15-5-6-20(14-28-15)31(2)23(33)21(12-16-10-18(25)13-19(26)11-16)29-24(34)30-37(35,36)32-9-7-17-4-3-8-27-22(17)32/h3-6,8,10-11,13-14,21H,7,9,12H2,1-2H3,(H2,29,30,34). The third-order valence-electron chi connectivity index (χ3n) is 5.78. The largest absolute Gasteiger partial charge is 0.330 e. The molecule has 0 bridgehead atoms. The van der Waals surface area contributed by atoms with Crippen LogP contribution in [-0.4, -0.2) is 50.0 Å². The summed E-state index contributed by atoms with van der Waals surface area (Å²) in [6.45, 7) is 1.86.